The largest absolute Gasteiger partial charge is 0.334 e. The number of rotatable bonds is 9. The summed E-state index contributed by atoms with van der Waals surface area (Å²) in [5.74, 6) is 1.49. The highest BCUT2D eigenvalue weighted by molar-refractivity contribution is 6.06. The lowest BCUT2D eigenvalue weighted by atomic mass is 9.70. The average Bonchev–Trinajstić information content (AvgIpc) is 4.08. The molecule has 2 aromatic heterocycles. The molecule has 2 unspecified atom stereocenters. The van der Waals surface area contributed by atoms with Crippen molar-refractivity contribution in [2.45, 2.75) is 17.9 Å². The molecule has 0 fully saturated rings. The minimum atomic E-state index is -0.711. The monoisotopic (exact) mass is 921 g/mol. The van der Waals surface area contributed by atoms with Gasteiger partial charge in [0.2, 0.25) is 0 Å². The van der Waals surface area contributed by atoms with Gasteiger partial charge in [0.25, 0.3) is 0 Å². The zero-order valence-corrected chi connectivity index (χ0v) is 39.4. The normalized spacial score (nSPS) is 15.8. The second-order valence-corrected chi connectivity index (χ2v) is 18.8. The van der Waals surface area contributed by atoms with Crippen molar-refractivity contribution in [2.24, 2.45) is 0 Å². The van der Waals surface area contributed by atoms with E-state index >= 15 is 0 Å². The quantitative estimate of drug-likeness (QED) is 0.145. The molecule has 0 saturated carbocycles. The fourth-order valence-corrected chi connectivity index (χ4v) is 11.9. The molecule has 0 N–H and O–H groups in total. The Morgan fingerprint density at radius 3 is 1.68 bits per heavy atom. The lowest BCUT2D eigenvalue weighted by Crippen LogP contribution is -2.30. The summed E-state index contributed by atoms with van der Waals surface area (Å²) >= 11 is 0. The van der Waals surface area contributed by atoms with E-state index in [1.807, 2.05) is 6.07 Å². The minimum absolute atomic E-state index is 0.123. The highest BCUT2D eigenvalue weighted by Crippen LogP contribution is 2.66. The van der Waals surface area contributed by atoms with Crippen LogP contribution in [0.15, 0.2) is 267 Å². The molecule has 0 bridgehead atoms. The average molecular weight is 922 g/mol. The number of benzene rings is 9. The molecule has 0 aliphatic heterocycles. The molecule has 1 spiro atoms. The Hall–Kier alpha value is -9.32. The predicted molar refractivity (Wildman–Crippen MR) is 296 cm³/mol. The van der Waals surface area contributed by atoms with Gasteiger partial charge in [-0.15, -0.1) is 0 Å². The molecule has 11 aromatic rings. The number of para-hydroxylation sites is 3. The Balaban J connectivity index is 1.11. The van der Waals surface area contributed by atoms with Gasteiger partial charge in [0.15, 0.2) is 5.82 Å². The van der Waals surface area contributed by atoms with Crippen LogP contribution in [0.25, 0.3) is 61.8 Å². The van der Waals surface area contributed by atoms with Crippen molar-refractivity contribution >= 4 is 39.3 Å². The molecule has 72 heavy (non-hydrogen) atoms. The van der Waals surface area contributed by atoms with E-state index < -0.39 is 5.41 Å². The Bertz CT molecular complexity index is 3800. The van der Waals surface area contributed by atoms with Gasteiger partial charge in [-0.3, -0.25) is 4.57 Å². The molecule has 3 aliphatic rings. The van der Waals surface area contributed by atoms with E-state index in [4.69, 9.17) is 9.97 Å². The molecule has 2 heterocycles. The SMILES string of the molecule is C1=CCC(N(c2ccccc2)c2ccc3c(c2)c2c(n3-c3cc(-c4ccccc4)nc(-c4ccccc4)n3)-c3ccccc3C23c2ccccc2-c2ccc(N(c4ccccc4)c4ccccc4)cc23)C=C1. The number of hydrogen-bond donors (Lipinski definition) is 0. The predicted octanol–water partition coefficient (Wildman–Crippen LogP) is 16.6. The van der Waals surface area contributed by atoms with E-state index in [0.717, 1.165) is 68.7 Å². The van der Waals surface area contributed by atoms with E-state index in [9.17, 15) is 0 Å². The van der Waals surface area contributed by atoms with Crippen LogP contribution >= 0.6 is 0 Å². The van der Waals surface area contributed by atoms with Crippen LogP contribution in [0.5, 0.6) is 0 Å². The van der Waals surface area contributed by atoms with Crippen molar-refractivity contribution in [3.8, 4) is 50.8 Å². The van der Waals surface area contributed by atoms with Crippen LogP contribution in [-0.4, -0.2) is 20.6 Å². The lowest BCUT2D eigenvalue weighted by Gasteiger charge is -2.34. The van der Waals surface area contributed by atoms with Gasteiger partial charge in [-0.1, -0.05) is 194 Å². The van der Waals surface area contributed by atoms with E-state index in [0.29, 0.717) is 5.82 Å². The summed E-state index contributed by atoms with van der Waals surface area (Å²) in [6, 6.07) is 88.1. The Morgan fingerprint density at radius 2 is 1.01 bits per heavy atom. The highest BCUT2D eigenvalue weighted by atomic mass is 15.2. The number of nitrogens with zero attached hydrogens (tertiary/aromatic N) is 5. The fourth-order valence-electron chi connectivity index (χ4n) is 11.9. The van der Waals surface area contributed by atoms with Gasteiger partial charge in [-0.25, -0.2) is 9.97 Å². The zero-order valence-electron chi connectivity index (χ0n) is 39.4. The van der Waals surface area contributed by atoms with Gasteiger partial charge < -0.3 is 9.80 Å². The summed E-state index contributed by atoms with van der Waals surface area (Å²) in [5.41, 5.74) is 18.6. The first-order valence-corrected chi connectivity index (χ1v) is 24.9. The second-order valence-electron chi connectivity index (χ2n) is 18.8. The molecular formula is C67H47N5. The van der Waals surface area contributed by atoms with Crippen molar-refractivity contribution in [3.05, 3.63) is 289 Å². The number of fused-ring (bicyclic) bond motifs is 12. The Morgan fingerprint density at radius 1 is 0.444 bits per heavy atom. The van der Waals surface area contributed by atoms with Gasteiger partial charge in [0, 0.05) is 62.1 Å². The van der Waals surface area contributed by atoms with Crippen LogP contribution < -0.4 is 9.80 Å². The summed E-state index contributed by atoms with van der Waals surface area (Å²) in [4.78, 5) is 15.8. The minimum Gasteiger partial charge on any atom is -0.334 e. The third kappa shape index (κ3) is 6.48. The highest BCUT2D eigenvalue weighted by Gasteiger charge is 2.54. The standard InChI is InChI=1S/C67H47N5/c1-7-23-46(24-8-1)61-45-63(69-66(68-61)47-25-9-2-10-26-47)72-62-42-40-52(70(48-27-11-3-12-28-48)49-29-13-4-14-30-49)43-57(62)64-65(72)56-36-20-22-38-59(56)67(64)58-37-21-19-35-54(58)55-41-39-53(44-60(55)67)71(50-31-15-5-16-32-50)51-33-17-6-18-34-51/h1-29,31-45,49H,30H2. The van der Waals surface area contributed by atoms with Crippen LogP contribution in [0.4, 0.5) is 28.4 Å². The number of allylic oxidation sites excluding steroid dienone is 2. The van der Waals surface area contributed by atoms with Crippen LogP contribution in [0.2, 0.25) is 0 Å². The van der Waals surface area contributed by atoms with Crippen LogP contribution in [0, 0.1) is 0 Å². The van der Waals surface area contributed by atoms with Crippen molar-refractivity contribution < 1.29 is 0 Å². The third-order valence-electron chi connectivity index (χ3n) is 14.9. The number of hydrogen-bond acceptors (Lipinski definition) is 4. The zero-order chi connectivity index (χ0) is 47.6. The first-order valence-electron chi connectivity index (χ1n) is 24.9. The van der Waals surface area contributed by atoms with Crippen molar-refractivity contribution in [3.63, 3.8) is 0 Å². The Labute approximate surface area is 419 Å². The molecule has 0 saturated heterocycles. The summed E-state index contributed by atoms with van der Waals surface area (Å²) in [7, 11) is 0. The van der Waals surface area contributed by atoms with Crippen molar-refractivity contribution in [1.82, 2.24) is 14.5 Å². The summed E-state index contributed by atoms with van der Waals surface area (Å²) in [5, 5.41) is 1.17. The molecular weight excluding hydrogens is 875 g/mol. The van der Waals surface area contributed by atoms with E-state index in [1.165, 1.54) is 44.3 Å². The summed E-state index contributed by atoms with van der Waals surface area (Å²) in [6.45, 7) is 0. The summed E-state index contributed by atoms with van der Waals surface area (Å²) < 4.78 is 2.45. The Kier molecular flexibility index (Phi) is 9.81. The van der Waals surface area contributed by atoms with Crippen LogP contribution in [0.3, 0.4) is 0 Å². The van der Waals surface area contributed by atoms with E-state index in [1.54, 1.807) is 0 Å². The maximum atomic E-state index is 5.58. The molecule has 340 valence electrons. The summed E-state index contributed by atoms with van der Waals surface area (Å²) in [6.07, 6.45) is 9.85. The molecule has 9 aromatic carbocycles. The first kappa shape index (κ1) is 41.6. The van der Waals surface area contributed by atoms with Gasteiger partial charge in [-0.05, 0) is 101 Å². The molecule has 14 rings (SSSR count). The third-order valence-corrected chi connectivity index (χ3v) is 14.9. The number of aromatic nitrogens is 3. The van der Waals surface area contributed by atoms with Crippen LogP contribution in [0.1, 0.15) is 28.7 Å². The fraction of sp³-hybridized carbons (Fsp3) is 0.0448. The molecule has 5 nitrogen and oxygen atoms in total. The molecule has 0 radical (unpaired) electrons. The van der Waals surface area contributed by atoms with Gasteiger partial charge in [0.05, 0.1) is 28.4 Å². The smallest absolute Gasteiger partial charge is 0.162 e. The van der Waals surface area contributed by atoms with Crippen molar-refractivity contribution in [1.29, 1.82) is 0 Å². The van der Waals surface area contributed by atoms with E-state index in [2.05, 4.69) is 275 Å². The molecule has 3 aliphatic carbocycles. The van der Waals surface area contributed by atoms with E-state index in [-0.39, 0.29) is 6.04 Å². The van der Waals surface area contributed by atoms with Gasteiger partial charge in [0.1, 0.15) is 5.82 Å². The molecule has 2 atom stereocenters. The topological polar surface area (TPSA) is 37.2 Å². The van der Waals surface area contributed by atoms with Crippen molar-refractivity contribution in [2.75, 3.05) is 9.80 Å². The van der Waals surface area contributed by atoms with Crippen LogP contribution in [-0.2, 0) is 5.41 Å². The lowest BCUT2D eigenvalue weighted by molar-refractivity contribution is 0.785. The molecule has 0 amide bonds. The van der Waals surface area contributed by atoms with Gasteiger partial charge in [-0.2, -0.15) is 0 Å². The second kappa shape index (κ2) is 17.0. The maximum Gasteiger partial charge on any atom is 0.162 e. The van der Waals surface area contributed by atoms with Gasteiger partial charge >= 0.3 is 0 Å². The maximum absolute atomic E-state index is 5.58. The first-order chi connectivity index (χ1) is 35.7. The molecule has 5 heteroatoms. The number of anilines is 5.